The number of nitrogens with zero attached hydrogens (tertiary/aromatic N) is 1. The van der Waals surface area contributed by atoms with Crippen LogP contribution in [-0.2, 0) is 6.42 Å². The fourth-order valence-electron chi connectivity index (χ4n) is 1.65. The van der Waals surface area contributed by atoms with Crippen molar-refractivity contribution in [2.24, 2.45) is 0 Å². The molecule has 5 heteroatoms. The minimum atomic E-state index is 0.730. The maximum Gasteiger partial charge on any atom is 0.131 e. The molecule has 3 rings (SSSR count). The van der Waals surface area contributed by atoms with Crippen molar-refractivity contribution < 1.29 is 0 Å². The van der Waals surface area contributed by atoms with Gasteiger partial charge in [0.25, 0.3) is 0 Å². The Balaban J connectivity index is 2.12. The van der Waals surface area contributed by atoms with Crippen LogP contribution in [0.15, 0.2) is 33.4 Å². The molecule has 1 N–H and O–H groups in total. The fraction of sp³-hybridized carbons (Fsp3) is 0.167. The molecule has 1 aromatic heterocycles. The number of para-hydroxylation sites is 1. The van der Waals surface area contributed by atoms with Gasteiger partial charge >= 0.3 is 0 Å². The average molecular weight is 278 g/mol. The van der Waals surface area contributed by atoms with E-state index in [4.69, 9.17) is 12.2 Å². The van der Waals surface area contributed by atoms with Crippen LogP contribution in [0.1, 0.15) is 17.6 Å². The van der Waals surface area contributed by atoms with Gasteiger partial charge in [-0.15, -0.1) is 11.3 Å². The summed E-state index contributed by atoms with van der Waals surface area (Å²) in [6, 6.07) is 8.21. The second-order valence-electron chi connectivity index (χ2n) is 3.65. The summed E-state index contributed by atoms with van der Waals surface area (Å²) in [6.07, 6.45) is 0.961. The number of aryl methyl sites for hydroxylation is 1. The molecular formula is C12H10N2S3. The van der Waals surface area contributed by atoms with E-state index in [1.54, 1.807) is 23.1 Å². The number of aromatic nitrogens is 1. The van der Waals surface area contributed by atoms with E-state index in [9.17, 15) is 0 Å². The average Bonchev–Trinajstić information content (AvgIpc) is 2.69. The van der Waals surface area contributed by atoms with Crippen molar-refractivity contribution >= 4 is 46.0 Å². The predicted octanol–water partition coefficient (Wildman–Crippen LogP) is 3.96. The van der Waals surface area contributed by atoms with Gasteiger partial charge in [0.15, 0.2) is 0 Å². The summed E-state index contributed by atoms with van der Waals surface area (Å²) >= 11 is 8.89. The molecule has 0 aliphatic carbocycles. The smallest absolute Gasteiger partial charge is 0.131 e. The predicted molar refractivity (Wildman–Crippen MR) is 77.4 cm³/mol. The summed E-state index contributed by atoms with van der Waals surface area (Å²) in [7, 11) is 0. The quantitative estimate of drug-likeness (QED) is 0.798. The van der Waals surface area contributed by atoms with Gasteiger partial charge in [0.2, 0.25) is 0 Å². The molecule has 0 fully saturated rings. The monoisotopic (exact) mass is 278 g/mol. The zero-order chi connectivity index (χ0) is 11.8. The lowest BCUT2D eigenvalue weighted by atomic mass is 10.3. The molecule has 86 valence electrons. The van der Waals surface area contributed by atoms with Crippen LogP contribution in [0.2, 0.25) is 0 Å². The van der Waals surface area contributed by atoms with Crippen LogP contribution in [0.5, 0.6) is 0 Å². The molecule has 0 bridgehead atoms. The van der Waals surface area contributed by atoms with Gasteiger partial charge in [0.05, 0.1) is 14.9 Å². The third-order valence-corrected chi connectivity index (χ3v) is 5.24. The van der Waals surface area contributed by atoms with Crippen LogP contribution in [0.25, 0.3) is 0 Å². The number of nitrogens with one attached hydrogen (secondary N) is 1. The number of hydrogen-bond donors (Lipinski definition) is 1. The number of hydrogen-bond acceptors (Lipinski definition) is 4. The zero-order valence-electron chi connectivity index (χ0n) is 9.19. The number of fused-ring (bicyclic) bond motifs is 2. The lowest BCUT2D eigenvalue weighted by Crippen LogP contribution is -2.10. The lowest BCUT2D eigenvalue weighted by Gasteiger charge is -2.05. The second-order valence-corrected chi connectivity index (χ2v) is 6.45. The van der Waals surface area contributed by atoms with Gasteiger partial charge in [-0.3, -0.25) is 0 Å². The highest BCUT2D eigenvalue weighted by molar-refractivity contribution is 8.01. The second kappa shape index (κ2) is 4.40. The molecule has 2 nitrogen and oxygen atoms in total. The molecule has 0 saturated heterocycles. The highest BCUT2D eigenvalue weighted by atomic mass is 32.2. The summed E-state index contributed by atoms with van der Waals surface area (Å²) in [5.74, 6) is 0. The van der Waals surface area contributed by atoms with Crippen LogP contribution in [0, 0.1) is 0 Å². The van der Waals surface area contributed by atoms with E-state index in [-0.39, 0.29) is 0 Å². The molecule has 0 amide bonds. The molecule has 2 aromatic rings. The van der Waals surface area contributed by atoms with Gasteiger partial charge in [-0.05, 0) is 18.6 Å². The van der Waals surface area contributed by atoms with E-state index < -0.39 is 0 Å². The number of thiocarbonyl (C=S) groups is 1. The Morgan fingerprint density at radius 1 is 1.35 bits per heavy atom. The van der Waals surface area contributed by atoms with E-state index in [0.717, 1.165) is 27.8 Å². The summed E-state index contributed by atoms with van der Waals surface area (Å²) < 4.78 is 1.20. The van der Waals surface area contributed by atoms with Gasteiger partial charge < -0.3 is 5.32 Å². The third-order valence-electron chi connectivity index (χ3n) is 2.50. The van der Waals surface area contributed by atoms with E-state index >= 15 is 0 Å². The van der Waals surface area contributed by atoms with Crippen molar-refractivity contribution in [3.05, 3.63) is 35.0 Å². The molecule has 0 radical (unpaired) electrons. The van der Waals surface area contributed by atoms with E-state index in [1.165, 1.54) is 9.10 Å². The molecule has 0 saturated carbocycles. The van der Waals surface area contributed by atoms with Crippen molar-refractivity contribution in [2.75, 3.05) is 5.32 Å². The van der Waals surface area contributed by atoms with Gasteiger partial charge in [0, 0.05) is 4.90 Å². The van der Waals surface area contributed by atoms with Crippen LogP contribution in [0.3, 0.4) is 0 Å². The topological polar surface area (TPSA) is 24.9 Å². The maximum absolute atomic E-state index is 5.40. The van der Waals surface area contributed by atoms with Gasteiger partial charge in [-0.25, -0.2) is 4.98 Å². The molecule has 1 aliphatic heterocycles. The molecular weight excluding hydrogens is 268 g/mol. The largest absolute Gasteiger partial charge is 0.344 e. The van der Waals surface area contributed by atoms with Crippen molar-refractivity contribution in [1.29, 1.82) is 0 Å². The van der Waals surface area contributed by atoms with Crippen LogP contribution < -0.4 is 5.32 Å². The van der Waals surface area contributed by atoms with E-state index in [1.807, 2.05) is 18.2 Å². The molecule has 0 spiro atoms. The van der Waals surface area contributed by atoms with Gasteiger partial charge in [-0.1, -0.05) is 43.0 Å². The first kappa shape index (κ1) is 11.2. The SMILES string of the molecule is CCc1nc2c(s1)Sc1ccccc1NC2=S. The molecule has 0 unspecified atom stereocenters. The van der Waals surface area contributed by atoms with Crippen molar-refractivity contribution in [3.8, 4) is 0 Å². The normalized spacial score (nSPS) is 13.6. The Morgan fingerprint density at radius 3 is 3.00 bits per heavy atom. The Kier molecular flexibility index (Phi) is 2.90. The number of benzene rings is 1. The number of thiazole rings is 1. The number of anilines is 1. The van der Waals surface area contributed by atoms with Crippen LogP contribution in [-0.4, -0.2) is 9.97 Å². The Bertz CT molecular complexity index is 589. The Labute approximate surface area is 113 Å². The lowest BCUT2D eigenvalue weighted by molar-refractivity contribution is 1.08. The first-order chi connectivity index (χ1) is 8.28. The first-order valence-corrected chi connectivity index (χ1v) is 7.40. The fourth-order valence-corrected chi connectivity index (χ4v) is 4.32. The highest BCUT2D eigenvalue weighted by Crippen LogP contribution is 2.41. The van der Waals surface area contributed by atoms with Gasteiger partial charge in [0.1, 0.15) is 10.7 Å². The summed E-state index contributed by atoms with van der Waals surface area (Å²) in [4.78, 5) is 6.53. The maximum atomic E-state index is 5.40. The van der Waals surface area contributed by atoms with E-state index in [0.29, 0.717) is 0 Å². The molecule has 17 heavy (non-hydrogen) atoms. The zero-order valence-corrected chi connectivity index (χ0v) is 11.6. The van der Waals surface area contributed by atoms with Crippen molar-refractivity contribution in [3.63, 3.8) is 0 Å². The minimum Gasteiger partial charge on any atom is -0.344 e. The third kappa shape index (κ3) is 1.99. The van der Waals surface area contributed by atoms with Crippen LogP contribution in [0.4, 0.5) is 5.69 Å². The molecule has 0 atom stereocenters. The molecule has 1 aliphatic rings. The Morgan fingerprint density at radius 2 is 2.18 bits per heavy atom. The van der Waals surface area contributed by atoms with Gasteiger partial charge in [-0.2, -0.15) is 0 Å². The Hall–Kier alpha value is -0.910. The highest BCUT2D eigenvalue weighted by Gasteiger charge is 2.21. The first-order valence-electron chi connectivity index (χ1n) is 5.36. The van der Waals surface area contributed by atoms with E-state index in [2.05, 4.69) is 23.3 Å². The molecule has 2 heterocycles. The standard InChI is InChI=1S/C12H10N2S3/c1-2-9-14-10-11(15)13-7-5-3-4-6-8(7)16-12(10)17-9/h3-6H,2H2,1H3,(H,13,15). The van der Waals surface area contributed by atoms with Crippen molar-refractivity contribution in [1.82, 2.24) is 4.98 Å². The summed E-state index contributed by atoms with van der Waals surface area (Å²) in [6.45, 7) is 2.12. The van der Waals surface area contributed by atoms with Crippen molar-refractivity contribution in [2.45, 2.75) is 22.4 Å². The number of rotatable bonds is 1. The summed E-state index contributed by atoms with van der Waals surface area (Å²) in [5.41, 5.74) is 2.01. The van der Waals surface area contributed by atoms with Crippen LogP contribution >= 0.6 is 35.3 Å². The minimum absolute atomic E-state index is 0.730. The summed E-state index contributed by atoms with van der Waals surface area (Å²) in [5, 5.41) is 4.42. The molecule has 1 aromatic carbocycles.